The zero-order valence-corrected chi connectivity index (χ0v) is 11.0. The van der Waals surface area contributed by atoms with E-state index in [2.05, 4.69) is 0 Å². The number of nitrogens with zero attached hydrogens (tertiary/aromatic N) is 2. The molecule has 1 N–H and O–H groups in total. The van der Waals surface area contributed by atoms with Gasteiger partial charge in [-0.3, -0.25) is 14.4 Å². The van der Waals surface area contributed by atoms with Crippen molar-refractivity contribution < 1.29 is 19.5 Å². The van der Waals surface area contributed by atoms with Crippen LogP contribution in [-0.2, 0) is 14.4 Å². The van der Waals surface area contributed by atoms with Gasteiger partial charge in [-0.15, -0.1) is 11.8 Å². The highest BCUT2D eigenvalue weighted by Gasteiger charge is 2.42. The van der Waals surface area contributed by atoms with Gasteiger partial charge in [-0.1, -0.05) is 0 Å². The fourth-order valence-electron chi connectivity index (χ4n) is 2.15. The highest BCUT2D eigenvalue weighted by Crippen LogP contribution is 2.30. The first kappa shape index (κ1) is 13.2. The molecule has 2 heterocycles. The average Bonchev–Trinajstić information content (AvgIpc) is 2.87. The maximum atomic E-state index is 12.0. The summed E-state index contributed by atoms with van der Waals surface area (Å²) in [5.41, 5.74) is -0.848. The van der Waals surface area contributed by atoms with Gasteiger partial charge in [0.2, 0.25) is 11.8 Å². The number of carboxylic acids is 1. The molecule has 0 aromatic heterocycles. The van der Waals surface area contributed by atoms with Crippen molar-refractivity contribution in [1.29, 1.82) is 0 Å². The van der Waals surface area contributed by atoms with Gasteiger partial charge < -0.3 is 14.9 Å². The lowest BCUT2D eigenvalue weighted by Gasteiger charge is -2.22. The molecule has 1 atom stereocenters. The van der Waals surface area contributed by atoms with Crippen LogP contribution in [0.3, 0.4) is 0 Å². The maximum absolute atomic E-state index is 12.0. The third kappa shape index (κ3) is 2.45. The number of rotatable bonds is 3. The second kappa shape index (κ2) is 4.79. The fourth-order valence-corrected chi connectivity index (χ4v) is 3.06. The zero-order valence-electron chi connectivity index (χ0n) is 10.2. The Morgan fingerprint density at radius 1 is 1.50 bits per heavy atom. The van der Waals surface area contributed by atoms with Gasteiger partial charge in [-0.2, -0.15) is 0 Å². The lowest BCUT2D eigenvalue weighted by Crippen LogP contribution is -2.41. The predicted octanol–water partition coefficient (Wildman–Crippen LogP) is -0.157. The Bertz CT molecular complexity index is 401. The van der Waals surface area contributed by atoms with Crippen LogP contribution in [0.25, 0.3) is 0 Å². The fraction of sp³-hybridized carbons (Fsp3) is 0.727. The summed E-state index contributed by atoms with van der Waals surface area (Å²) in [6, 6.07) is 0. The Hall–Kier alpha value is -1.24. The summed E-state index contributed by atoms with van der Waals surface area (Å²) >= 11 is 1.49. The highest BCUT2D eigenvalue weighted by atomic mass is 32.2. The van der Waals surface area contributed by atoms with E-state index in [1.807, 2.05) is 0 Å². The Labute approximate surface area is 109 Å². The number of hydrogen-bond donors (Lipinski definition) is 1. The molecule has 0 unspecified atom stereocenters. The van der Waals surface area contributed by atoms with Crippen molar-refractivity contribution in [1.82, 2.24) is 9.80 Å². The quantitative estimate of drug-likeness (QED) is 0.772. The molecule has 0 saturated carbocycles. The van der Waals surface area contributed by atoms with Gasteiger partial charge in [0.25, 0.3) is 0 Å². The van der Waals surface area contributed by atoms with Crippen LogP contribution in [0.5, 0.6) is 0 Å². The predicted molar refractivity (Wildman–Crippen MR) is 66.0 cm³/mol. The van der Waals surface area contributed by atoms with Crippen molar-refractivity contribution in [2.45, 2.75) is 13.3 Å². The Kier molecular flexibility index (Phi) is 3.52. The van der Waals surface area contributed by atoms with E-state index in [1.54, 1.807) is 11.8 Å². The molecule has 0 aliphatic carbocycles. The van der Waals surface area contributed by atoms with Crippen molar-refractivity contribution in [3.8, 4) is 0 Å². The maximum Gasteiger partial charge on any atom is 0.311 e. The number of likely N-dealkylation sites (tertiary alicyclic amines) is 1. The molecule has 2 saturated heterocycles. The molecular weight excluding hydrogens is 256 g/mol. The van der Waals surface area contributed by atoms with E-state index in [9.17, 15) is 14.4 Å². The molecule has 2 fully saturated rings. The number of amides is 2. The van der Waals surface area contributed by atoms with Crippen LogP contribution in [0.15, 0.2) is 0 Å². The van der Waals surface area contributed by atoms with Crippen molar-refractivity contribution in [2.75, 3.05) is 31.3 Å². The minimum absolute atomic E-state index is 0.0199. The molecular formula is C11H16N2O4S. The molecule has 0 bridgehead atoms. The third-order valence-corrected chi connectivity index (χ3v) is 4.44. The summed E-state index contributed by atoms with van der Waals surface area (Å²) in [5.74, 6) is -0.0654. The van der Waals surface area contributed by atoms with E-state index >= 15 is 0 Å². The van der Waals surface area contributed by atoms with Gasteiger partial charge in [0.05, 0.1) is 17.0 Å². The summed E-state index contributed by atoms with van der Waals surface area (Å²) < 4.78 is 0. The molecule has 6 nitrogen and oxygen atoms in total. The van der Waals surface area contributed by atoms with Crippen molar-refractivity contribution in [2.24, 2.45) is 5.41 Å². The number of hydrogen-bond acceptors (Lipinski definition) is 4. The van der Waals surface area contributed by atoms with Gasteiger partial charge in [0, 0.05) is 13.1 Å². The number of carbonyl (C=O) groups excluding carboxylic acids is 2. The minimum Gasteiger partial charge on any atom is -0.481 e. The van der Waals surface area contributed by atoms with Crippen LogP contribution in [0.2, 0.25) is 0 Å². The molecule has 0 spiro atoms. The van der Waals surface area contributed by atoms with E-state index in [0.29, 0.717) is 24.6 Å². The molecule has 0 aromatic carbocycles. The molecule has 2 aliphatic rings. The zero-order chi connectivity index (χ0) is 13.3. The summed E-state index contributed by atoms with van der Waals surface area (Å²) in [5, 5.41) is 9.09. The van der Waals surface area contributed by atoms with E-state index < -0.39 is 11.4 Å². The SMILES string of the molecule is C[C@]1(C(=O)O)CCN(C(=O)CN2CSCC2=O)C1. The van der Waals surface area contributed by atoms with Gasteiger partial charge in [0.15, 0.2) is 0 Å². The summed E-state index contributed by atoms with van der Waals surface area (Å²) in [6.45, 7) is 2.41. The Balaban J connectivity index is 1.91. The average molecular weight is 272 g/mol. The second-order valence-electron chi connectivity index (χ2n) is 5.00. The summed E-state index contributed by atoms with van der Waals surface area (Å²) in [6.07, 6.45) is 0.469. The van der Waals surface area contributed by atoms with Crippen LogP contribution in [0.1, 0.15) is 13.3 Å². The molecule has 2 rings (SSSR count). The lowest BCUT2D eigenvalue weighted by molar-refractivity contribution is -0.147. The molecule has 2 aliphatic heterocycles. The van der Waals surface area contributed by atoms with Crippen molar-refractivity contribution in [3.63, 3.8) is 0 Å². The number of aliphatic carboxylic acids is 1. The van der Waals surface area contributed by atoms with Crippen molar-refractivity contribution >= 4 is 29.5 Å². The third-order valence-electron chi connectivity index (χ3n) is 3.49. The molecule has 100 valence electrons. The number of thioether (sulfide) groups is 1. The van der Waals surface area contributed by atoms with Crippen LogP contribution in [0, 0.1) is 5.41 Å². The van der Waals surface area contributed by atoms with Crippen LogP contribution in [0.4, 0.5) is 0 Å². The van der Waals surface area contributed by atoms with E-state index in [4.69, 9.17) is 5.11 Å². The molecule has 0 aromatic rings. The summed E-state index contributed by atoms with van der Waals surface area (Å²) in [4.78, 5) is 37.5. The van der Waals surface area contributed by atoms with Gasteiger partial charge >= 0.3 is 5.97 Å². The Morgan fingerprint density at radius 3 is 2.72 bits per heavy atom. The smallest absolute Gasteiger partial charge is 0.311 e. The largest absolute Gasteiger partial charge is 0.481 e. The van der Waals surface area contributed by atoms with Crippen LogP contribution < -0.4 is 0 Å². The first-order valence-electron chi connectivity index (χ1n) is 5.79. The monoisotopic (exact) mass is 272 g/mol. The highest BCUT2D eigenvalue weighted by molar-refractivity contribution is 8.00. The van der Waals surface area contributed by atoms with Crippen molar-refractivity contribution in [3.05, 3.63) is 0 Å². The number of carboxylic acid groups (broad SMARTS) is 1. The molecule has 0 radical (unpaired) electrons. The summed E-state index contributed by atoms with van der Waals surface area (Å²) in [7, 11) is 0. The molecule has 7 heteroatoms. The molecule has 2 amide bonds. The Morgan fingerprint density at radius 2 is 2.22 bits per heavy atom. The van der Waals surface area contributed by atoms with E-state index in [-0.39, 0.29) is 24.9 Å². The van der Waals surface area contributed by atoms with Gasteiger partial charge in [-0.25, -0.2) is 0 Å². The van der Waals surface area contributed by atoms with Gasteiger partial charge in [0.1, 0.15) is 6.54 Å². The topological polar surface area (TPSA) is 77.9 Å². The number of carbonyl (C=O) groups is 3. The van der Waals surface area contributed by atoms with E-state index in [1.165, 1.54) is 16.7 Å². The van der Waals surface area contributed by atoms with Gasteiger partial charge in [-0.05, 0) is 13.3 Å². The van der Waals surface area contributed by atoms with Crippen LogP contribution in [-0.4, -0.2) is 64.0 Å². The lowest BCUT2D eigenvalue weighted by atomic mass is 9.90. The molecule has 18 heavy (non-hydrogen) atoms. The van der Waals surface area contributed by atoms with Crippen LogP contribution >= 0.6 is 11.8 Å². The standard InChI is InChI=1S/C11H16N2O4S/c1-11(10(16)17)2-3-12(6-11)8(14)4-13-7-18-5-9(13)15/h2-7H2,1H3,(H,16,17)/t11-/m0/s1. The normalized spacial score (nSPS) is 27.9. The van der Waals surface area contributed by atoms with E-state index in [0.717, 1.165) is 0 Å². The second-order valence-corrected chi connectivity index (χ2v) is 5.96. The minimum atomic E-state index is -0.870. The first-order chi connectivity index (χ1) is 8.42. The first-order valence-corrected chi connectivity index (χ1v) is 6.94.